The van der Waals surface area contributed by atoms with Crippen molar-refractivity contribution in [2.75, 3.05) is 11.1 Å². The quantitative estimate of drug-likeness (QED) is 0.714. The Morgan fingerprint density at radius 3 is 2.36 bits per heavy atom. The van der Waals surface area contributed by atoms with Gasteiger partial charge in [-0.05, 0) is 62.1 Å². The molecule has 1 atom stereocenters. The van der Waals surface area contributed by atoms with Crippen LogP contribution in [0.3, 0.4) is 0 Å². The van der Waals surface area contributed by atoms with Crippen LogP contribution in [0.15, 0.2) is 18.2 Å². The van der Waals surface area contributed by atoms with Crippen LogP contribution in [0.25, 0.3) is 0 Å². The summed E-state index contributed by atoms with van der Waals surface area (Å²) in [5, 5.41) is 5.82. The van der Waals surface area contributed by atoms with Crippen LogP contribution in [-0.4, -0.2) is 17.9 Å². The Balaban J connectivity index is 2.01. The van der Waals surface area contributed by atoms with E-state index in [-0.39, 0.29) is 23.7 Å². The molecule has 138 valence electrons. The highest BCUT2D eigenvalue weighted by atomic mass is 16.2. The van der Waals surface area contributed by atoms with Crippen molar-refractivity contribution in [1.82, 2.24) is 5.32 Å². The summed E-state index contributed by atoms with van der Waals surface area (Å²) in [6, 6.07) is 4.96. The van der Waals surface area contributed by atoms with Gasteiger partial charge in [0, 0.05) is 5.92 Å². The van der Waals surface area contributed by atoms with Gasteiger partial charge in [0.2, 0.25) is 11.8 Å². The van der Waals surface area contributed by atoms with Gasteiger partial charge in [0.05, 0.1) is 11.4 Å². The third kappa shape index (κ3) is 5.21. The number of hydrogen-bond donors (Lipinski definition) is 3. The minimum atomic E-state index is -0.562. The first-order chi connectivity index (χ1) is 11.8. The van der Waals surface area contributed by atoms with Gasteiger partial charge in [-0.1, -0.05) is 26.8 Å². The van der Waals surface area contributed by atoms with Gasteiger partial charge in [-0.2, -0.15) is 0 Å². The minimum Gasteiger partial charge on any atom is -0.397 e. The van der Waals surface area contributed by atoms with Crippen LogP contribution in [0, 0.1) is 24.7 Å². The van der Waals surface area contributed by atoms with E-state index < -0.39 is 6.04 Å². The maximum atomic E-state index is 12.7. The van der Waals surface area contributed by atoms with Crippen molar-refractivity contribution in [2.45, 2.75) is 59.4 Å². The van der Waals surface area contributed by atoms with E-state index in [0.717, 1.165) is 31.2 Å². The molecule has 0 bridgehead atoms. The number of nitrogen functional groups attached to an aromatic ring is 1. The molecule has 0 aromatic heterocycles. The zero-order valence-corrected chi connectivity index (χ0v) is 15.8. The van der Waals surface area contributed by atoms with Gasteiger partial charge in [0.1, 0.15) is 6.04 Å². The van der Waals surface area contributed by atoms with E-state index in [1.807, 2.05) is 32.9 Å². The molecule has 1 fully saturated rings. The fraction of sp³-hybridized carbons (Fsp3) is 0.600. The Morgan fingerprint density at radius 2 is 1.80 bits per heavy atom. The first-order valence-electron chi connectivity index (χ1n) is 9.25. The van der Waals surface area contributed by atoms with Crippen LogP contribution in [0.5, 0.6) is 0 Å². The molecule has 1 aliphatic carbocycles. The second-order valence-corrected chi connectivity index (χ2v) is 7.77. The third-order valence-electron chi connectivity index (χ3n) is 5.10. The lowest BCUT2D eigenvalue weighted by atomic mass is 9.82. The largest absolute Gasteiger partial charge is 0.397 e. The third-order valence-corrected chi connectivity index (χ3v) is 5.10. The molecule has 1 aromatic rings. The minimum absolute atomic E-state index is 0.00172. The molecule has 1 unspecified atom stereocenters. The Bertz CT molecular complexity index is 619. The number of rotatable bonds is 5. The monoisotopic (exact) mass is 345 g/mol. The molecule has 0 heterocycles. The number of nitrogens with two attached hydrogens (primary N) is 1. The second kappa shape index (κ2) is 8.37. The molecule has 2 amide bonds. The lowest BCUT2D eigenvalue weighted by Crippen LogP contribution is -2.49. The predicted molar refractivity (Wildman–Crippen MR) is 102 cm³/mol. The highest BCUT2D eigenvalue weighted by Gasteiger charge is 2.30. The average molecular weight is 345 g/mol. The number of carbonyl (C=O) groups excluding carboxylic acids is 2. The standard InChI is InChI=1S/C20H31N3O2/c1-12(2)18(23-19(24)15-8-5-13(3)6-9-15)20(25)22-17-10-7-14(4)11-16(17)21/h7,10-13,15,18H,5-6,8-9,21H2,1-4H3,(H,22,25)(H,23,24). The first kappa shape index (κ1) is 19.3. The van der Waals surface area contributed by atoms with Gasteiger partial charge < -0.3 is 16.4 Å². The number of hydrogen-bond acceptors (Lipinski definition) is 3. The van der Waals surface area contributed by atoms with Gasteiger partial charge >= 0.3 is 0 Å². The highest BCUT2D eigenvalue weighted by Crippen LogP contribution is 2.28. The molecule has 5 heteroatoms. The zero-order chi connectivity index (χ0) is 18.6. The summed E-state index contributed by atoms with van der Waals surface area (Å²) in [5.74, 6) is 0.492. The molecule has 25 heavy (non-hydrogen) atoms. The van der Waals surface area contributed by atoms with E-state index in [0.29, 0.717) is 17.3 Å². The van der Waals surface area contributed by atoms with Crippen LogP contribution < -0.4 is 16.4 Å². The number of amides is 2. The van der Waals surface area contributed by atoms with Crippen molar-refractivity contribution in [1.29, 1.82) is 0 Å². The summed E-state index contributed by atoms with van der Waals surface area (Å²) in [4.78, 5) is 25.3. The topological polar surface area (TPSA) is 84.2 Å². The first-order valence-corrected chi connectivity index (χ1v) is 9.25. The van der Waals surface area contributed by atoms with E-state index in [1.54, 1.807) is 6.07 Å². The highest BCUT2D eigenvalue weighted by molar-refractivity contribution is 5.99. The molecule has 4 N–H and O–H groups in total. The van der Waals surface area contributed by atoms with Crippen molar-refractivity contribution in [3.05, 3.63) is 23.8 Å². The molecule has 1 aromatic carbocycles. The van der Waals surface area contributed by atoms with Crippen LogP contribution in [-0.2, 0) is 9.59 Å². The Hall–Kier alpha value is -2.04. The molecule has 0 aliphatic heterocycles. The molecule has 1 aliphatic rings. The fourth-order valence-corrected chi connectivity index (χ4v) is 3.33. The van der Waals surface area contributed by atoms with Crippen LogP contribution in [0.4, 0.5) is 11.4 Å². The Kier molecular flexibility index (Phi) is 6.45. The van der Waals surface area contributed by atoms with Gasteiger partial charge in [0.25, 0.3) is 0 Å². The Labute approximate surface area is 150 Å². The van der Waals surface area contributed by atoms with Gasteiger partial charge in [-0.3, -0.25) is 9.59 Å². The molecule has 1 saturated carbocycles. The smallest absolute Gasteiger partial charge is 0.247 e. The number of nitrogens with one attached hydrogen (secondary N) is 2. The van der Waals surface area contributed by atoms with E-state index >= 15 is 0 Å². The van der Waals surface area contributed by atoms with E-state index in [2.05, 4.69) is 17.6 Å². The van der Waals surface area contributed by atoms with Crippen molar-refractivity contribution in [3.8, 4) is 0 Å². The van der Waals surface area contributed by atoms with Gasteiger partial charge in [-0.25, -0.2) is 0 Å². The molecular weight excluding hydrogens is 314 g/mol. The predicted octanol–water partition coefficient (Wildman–Crippen LogP) is 3.48. The van der Waals surface area contributed by atoms with E-state index in [4.69, 9.17) is 5.73 Å². The maximum absolute atomic E-state index is 12.7. The number of aryl methyl sites for hydroxylation is 1. The molecule has 0 radical (unpaired) electrons. The lowest BCUT2D eigenvalue weighted by molar-refractivity contribution is -0.131. The summed E-state index contributed by atoms with van der Waals surface area (Å²) < 4.78 is 0. The molecule has 2 rings (SSSR count). The SMILES string of the molecule is Cc1ccc(NC(=O)C(NC(=O)C2CCC(C)CC2)C(C)C)c(N)c1. The van der Waals surface area contributed by atoms with Crippen LogP contribution >= 0.6 is 0 Å². The normalized spacial score (nSPS) is 21.6. The van der Waals surface area contributed by atoms with Crippen LogP contribution in [0.1, 0.15) is 52.0 Å². The van der Waals surface area contributed by atoms with Crippen molar-refractivity contribution >= 4 is 23.2 Å². The molecule has 0 spiro atoms. The Morgan fingerprint density at radius 1 is 1.16 bits per heavy atom. The zero-order valence-electron chi connectivity index (χ0n) is 15.8. The van der Waals surface area contributed by atoms with Gasteiger partial charge in [-0.15, -0.1) is 0 Å². The van der Waals surface area contributed by atoms with Crippen molar-refractivity contribution in [3.63, 3.8) is 0 Å². The van der Waals surface area contributed by atoms with Crippen molar-refractivity contribution in [2.24, 2.45) is 17.8 Å². The summed E-state index contributed by atoms with van der Waals surface area (Å²) in [6.07, 6.45) is 3.97. The van der Waals surface area contributed by atoms with Crippen LogP contribution in [0.2, 0.25) is 0 Å². The molecule has 5 nitrogen and oxygen atoms in total. The summed E-state index contributed by atoms with van der Waals surface area (Å²) in [7, 11) is 0. The summed E-state index contributed by atoms with van der Waals surface area (Å²) >= 11 is 0. The second-order valence-electron chi connectivity index (χ2n) is 7.77. The summed E-state index contributed by atoms with van der Waals surface area (Å²) in [5.41, 5.74) is 8.13. The number of benzene rings is 1. The maximum Gasteiger partial charge on any atom is 0.247 e. The van der Waals surface area contributed by atoms with Crippen molar-refractivity contribution < 1.29 is 9.59 Å². The lowest BCUT2D eigenvalue weighted by Gasteiger charge is -2.28. The average Bonchev–Trinajstić information content (AvgIpc) is 2.55. The van der Waals surface area contributed by atoms with E-state index in [9.17, 15) is 9.59 Å². The number of anilines is 2. The fourth-order valence-electron chi connectivity index (χ4n) is 3.33. The van der Waals surface area contributed by atoms with E-state index in [1.165, 1.54) is 0 Å². The molecular formula is C20H31N3O2. The van der Waals surface area contributed by atoms with Gasteiger partial charge in [0.15, 0.2) is 0 Å². The molecule has 0 saturated heterocycles. The summed E-state index contributed by atoms with van der Waals surface area (Å²) in [6.45, 7) is 8.05. The number of carbonyl (C=O) groups is 2.